The van der Waals surface area contributed by atoms with Gasteiger partial charge in [0, 0.05) is 23.0 Å². The van der Waals surface area contributed by atoms with Crippen LogP contribution in [0.5, 0.6) is 0 Å². The molecule has 0 amide bonds. The third-order valence-electron chi connectivity index (χ3n) is 4.62. The molecule has 0 aliphatic heterocycles. The zero-order valence-electron chi connectivity index (χ0n) is 19.2. The first-order chi connectivity index (χ1) is 16.3. The quantitative estimate of drug-likeness (QED) is 0.153. The van der Waals surface area contributed by atoms with E-state index >= 15 is 0 Å². The highest BCUT2D eigenvalue weighted by molar-refractivity contribution is 8.13. The van der Waals surface area contributed by atoms with Crippen LogP contribution in [0.4, 0.5) is 0 Å². The Bertz CT molecular complexity index is 945. The summed E-state index contributed by atoms with van der Waals surface area (Å²) < 4.78 is 0. The van der Waals surface area contributed by atoms with Crippen LogP contribution in [0.1, 0.15) is 22.3 Å². The molecule has 0 radical (unpaired) electrons. The van der Waals surface area contributed by atoms with Crippen LogP contribution in [0.2, 0.25) is 0 Å². The van der Waals surface area contributed by atoms with Crippen LogP contribution in [0.25, 0.3) is 22.3 Å². The Labute approximate surface area is 218 Å². The number of rotatable bonds is 8. The zero-order chi connectivity index (χ0) is 25.7. The van der Waals surface area contributed by atoms with Crippen molar-refractivity contribution in [2.45, 2.75) is 23.0 Å². The number of nitrogens with two attached hydrogens (primary N) is 4. The van der Waals surface area contributed by atoms with Crippen molar-refractivity contribution in [3.8, 4) is 22.3 Å². The van der Waals surface area contributed by atoms with Gasteiger partial charge in [-0.05, 0) is 57.0 Å². The maximum atomic E-state index is 7.58. The summed E-state index contributed by atoms with van der Waals surface area (Å²) in [6.45, 7) is 0. The van der Waals surface area contributed by atoms with Crippen molar-refractivity contribution in [1.82, 2.24) is 0 Å². The van der Waals surface area contributed by atoms with E-state index in [0.29, 0.717) is 11.5 Å². The average molecular weight is 537 g/mol. The predicted molar refractivity (Wildman–Crippen MR) is 158 cm³/mol. The monoisotopic (exact) mass is 536 g/mol. The Morgan fingerprint density at radius 1 is 0.647 bits per heavy atom. The molecule has 8 nitrogen and oxygen atoms in total. The molecule has 0 fully saturated rings. The highest BCUT2D eigenvalue weighted by atomic mass is 32.2. The predicted octanol–water partition coefficient (Wildman–Crippen LogP) is 4.42. The minimum atomic E-state index is 0.143. The zero-order valence-corrected chi connectivity index (χ0v) is 22.5. The lowest BCUT2D eigenvalue weighted by Gasteiger charge is -2.34. The minimum absolute atomic E-state index is 0.143. The molecule has 0 spiro atoms. The van der Waals surface area contributed by atoms with Gasteiger partial charge in [-0.3, -0.25) is 21.6 Å². The second-order valence-electron chi connectivity index (χ2n) is 6.77. The van der Waals surface area contributed by atoms with Crippen LogP contribution in [-0.4, -0.2) is 35.5 Å². The molecule has 0 heterocycles. The van der Waals surface area contributed by atoms with E-state index in [4.69, 9.17) is 33.1 Å². The van der Waals surface area contributed by atoms with Gasteiger partial charge in [-0.15, -0.1) is 0 Å². The van der Waals surface area contributed by atoms with Crippen molar-refractivity contribution in [3.05, 3.63) is 46.5 Å². The molecule has 0 aromatic heterocycles. The first-order valence-electron chi connectivity index (χ1n) is 9.94. The number of amidine groups is 2. The molecular weight excluding hydrogens is 505 g/mol. The summed E-state index contributed by atoms with van der Waals surface area (Å²) in [7, 11) is 0. The first-order valence-corrected chi connectivity index (χ1v) is 14.7. The van der Waals surface area contributed by atoms with E-state index in [9.17, 15) is 0 Å². The van der Waals surface area contributed by atoms with Crippen molar-refractivity contribution in [2.24, 2.45) is 22.9 Å². The molecule has 0 saturated carbocycles. The summed E-state index contributed by atoms with van der Waals surface area (Å²) in [5.41, 5.74) is 30.5. The number of fused-ring (bicyclic) bond motifs is 4. The molecule has 34 heavy (non-hydrogen) atoms. The van der Waals surface area contributed by atoms with Crippen LogP contribution in [-0.2, 0) is 23.0 Å². The van der Waals surface area contributed by atoms with Crippen molar-refractivity contribution in [3.63, 3.8) is 0 Å². The maximum Gasteiger partial charge on any atom is 0.151 e. The summed E-state index contributed by atoms with van der Waals surface area (Å²) >= 11 is 6.40. The number of hydrogen-bond donors (Lipinski definition) is 8. The van der Waals surface area contributed by atoms with Gasteiger partial charge in [-0.25, -0.2) is 0 Å². The van der Waals surface area contributed by atoms with E-state index in [2.05, 4.69) is 48.2 Å². The van der Waals surface area contributed by atoms with Gasteiger partial charge in [0.25, 0.3) is 0 Å². The van der Waals surface area contributed by atoms with Gasteiger partial charge in [0.2, 0.25) is 0 Å². The van der Waals surface area contributed by atoms with Gasteiger partial charge < -0.3 is 22.9 Å². The van der Waals surface area contributed by atoms with Crippen LogP contribution in [0.3, 0.4) is 0 Å². The minimum Gasteiger partial charge on any atom is -0.390 e. The largest absolute Gasteiger partial charge is 0.390 e. The molecule has 0 bridgehead atoms. The van der Waals surface area contributed by atoms with E-state index in [1.165, 1.54) is 68.0 Å². The molecule has 1 aliphatic carbocycles. The molecule has 12 N–H and O–H groups in total. The second-order valence-corrected chi connectivity index (χ2v) is 10.5. The molecule has 0 saturated heterocycles. The lowest BCUT2D eigenvalue weighted by atomic mass is 9.72. The SMILES string of the molecule is CSCc1ccc(CSC(=N)N)c2c1-c1c(CSC)ccc(CSC(=N)N)c1-2.N=CN.N=CN. The van der Waals surface area contributed by atoms with Gasteiger partial charge in [-0.2, -0.15) is 23.5 Å². The Hall–Kier alpha value is -2.28. The Morgan fingerprint density at radius 2 is 0.882 bits per heavy atom. The second kappa shape index (κ2) is 15.6. The maximum absolute atomic E-state index is 7.58. The molecule has 12 heteroatoms. The van der Waals surface area contributed by atoms with E-state index in [-0.39, 0.29) is 10.3 Å². The molecule has 3 rings (SSSR count). The summed E-state index contributed by atoms with van der Waals surface area (Å²) in [6, 6.07) is 8.83. The van der Waals surface area contributed by atoms with Crippen molar-refractivity contribution in [1.29, 1.82) is 21.6 Å². The summed E-state index contributed by atoms with van der Waals surface area (Å²) in [6.07, 6.45) is 5.77. The number of hydrogen-bond acceptors (Lipinski definition) is 8. The van der Waals surface area contributed by atoms with Crippen molar-refractivity contribution < 1.29 is 0 Å². The molecular formula is C22H32N8S4. The Balaban J connectivity index is 0.000000872. The lowest BCUT2D eigenvalue weighted by Crippen LogP contribution is -2.13. The molecule has 184 valence electrons. The third kappa shape index (κ3) is 7.90. The van der Waals surface area contributed by atoms with Crippen molar-refractivity contribution in [2.75, 3.05) is 12.5 Å². The normalized spacial score (nSPS) is 10.2. The summed E-state index contributed by atoms with van der Waals surface area (Å²) in [5.74, 6) is 3.35. The van der Waals surface area contributed by atoms with Gasteiger partial charge in [0.05, 0.1) is 12.7 Å². The van der Waals surface area contributed by atoms with E-state index in [1.807, 2.05) is 23.5 Å². The molecule has 0 unspecified atom stereocenters. The smallest absolute Gasteiger partial charge is 0.151 e. The highest BCUT2D eigenvalue weighted by Crippen LogP contribution is 2.56. The number of thioether (sulfide) groups is 4. The fourth-order valence-corrected chi connectivity index (χ4v) is 5.77. The number of nitrogens with one attached hydrogen (secondary N) is 4. The Kier molecular flexibility index (Phi) is 13.6. The fraction of sp³-hybridized carbons (Fsp3) is 0.273. The standard InChI is InChI=1S/C20H24N4S4.2CH4N2/c1-25-7-11-3-5-13(9-27-19(21)22)17-15(11)16-12(8-26-2)4-6-14(18(16)17)10-28-20(23)24;2*2-1-3/h3-6H,7-10H2,1-2H3,(H3,21,22)(H3,23,24);2*1H,(H3,2,3). The first kappa shape index (κ1) is 29.8. The van der Waals surface area contributed by atoms with Crippen molar-refractivity contribution >= 4 is 70.1 Å². The van der Waals surface area contributed by atoms with E-state index in [0.717, 1.165) is 24.2 Å². The fourth-order valence-electron chi connectivity index (χ4n) is 3.56. The summed E-state index contributed by atoms with van der Waals surface area (Å²) in [4.78, 5) is 0. The van der Waals surface area contributed by atoms with Crippen LogP contribution in [0.15, 0.2) is 24.3 Å². The topological polar surface area (TPSA) is 199 Å². The van der Waals surface area contributed by atoms with Crippen LogP contribution >= 0.6 is 47.0 Å². The van der Waals surface area contributed by atoms with Gasteiger partial charge in [0.15, 0.2) is 10.3 Å². The molecule has 2 aromatic carbocycles. The van der Waals surface area contributed by atoms with E-state index < -0.39 is 0 Å². The Morgan fingerprint density at radius 3 is 1.09 bits per heavy atom. The van der Waals surface area contributed by atoms with Gasteiger partial charge >= 0.3 is 0 Å². The van der Waals surface area contributed by atoms with E-state index in [1.54, 1.807) is 0 Å². The van der Waals surface area contributed by atoms with Crippen LogP contribution in [0, 0.1) is 21.6 Å². The van der Waals surface area contributed by atoms with Gasteiger partial charge in [-0.1, -0.05) is 47.8 Å². The summed E-state index contributed by atoms with van der Waals surface area (Å²) in [5, 5.41) is 27.2. The number of benzene rings is 2. The van der Waals surface area contributed by atoms with Crippen LogP contribution < -0.4 is 22.9 Å². The average Bonchev–Trinajstić information content (AvgIpc) is 2.76. The molecule has 1 aliphatic rings. The molecule has 2 aromatic rings. The lowest BCUT2D eigenvalue weighted by molar-refractivity contribution is 1.25. The van der Waals surface area contributed by atoms with Gasteiger partial charge in [0.1, 0.15) is 0 Å². The third-order valence-corrected chi connectivity index (χ3v) is 7.35. The highest BCUT2D eigenvalue weighted by Gasteiger charge is 2.32. The molecule has 0 atom stereocenters.